The summed E-state index contributed by atoms with van der Waals surface area (Å²) in [7, 11) is 7.98. The largest absolute Gasteiger partial charge is 0.497 e. The minimum Gasteiger partial charge on any atom is -0.497 e. The molecule has 4 fully saturated rings. The first-order valence-corrected chi connectivity index (χ1v) is 46.4. The van der Waals surface area contributed by atoms with Gasteiger partial charge in [-0.05, 0) is 265 Å². The van der Waals surface area contributed by atoms with E-state index < -0.39 is 40.9 Å². The molecule has 0 bridgehead atoms. The third-order valence-corrected chi connectivity index (χ3v) is 25.2. The Morgan fingerprint density at radius 2 is 0.791 bits per heavy atom. The molecule has 7 aliphatic rings. The van der Waals surface area contributed by atoms with Gasteiger partial charge in [0.15, 0.2) is 0 Å². The third-order valence-electron chi connectivity index (χ3n) is 24.9. The van der Waals surface area contributed by atoms with Crippen LogP contribution in [0.4, 0.5) is 49.1 Å². The molecule has 0 saturated carbocycles. The fourth-order valence-electron chi connectivity index (χ4n) is 17.5. The molecule has 32 heteroatoms. The number of halogens is 7. The highest BCUT2D eigenvalue weighted by atomic mass is 35.5. The van der Waals surface area contributed by atoms with E-state index in [1.807, 2.05) is 51.1 Å². The van der Waals surface area contributed by atoms with E-state index in [0.29, 0.717) is 97.1 Å². The number of piperidine rings is 4. The number of benzene rings is 9. The quantitative estimate of drug-likeness (QED) is 0.0371. The summed E-state index contributed by atoms with van der Waals surface area (Å²) in [6.45, 7) is 8.35. The van der Waals surface area contributed by atoms with Crippen LogP contribution in [0.25, 0.3) is 33.8 Å². The van der Waals surface area contributed by atoms with Crippen molar-refractivity contribution in [3.8, 4) is 56.8 Å². The number of aromatic carboxylic acids is 1. The van der Waals surface area contributed by atoms with Gasteiger partial charge in [0.05, 0.1) is 145 Å². The van der Waals surface area contributed by atoms with Crippen LogP contribution in [-0.2, 0) is 39.1 Å². The van der Waals surface area contributed by atoms with Crippen molar-refractivity contribution in [2.24, 2.45) is 0 Å². The predicted octanol–water partition coefficient (Wildman–Crippen LogP) is 19.6. The Morgan fingerprint density at radius 1 is 0.417 bits per heavy atom. The fraction of sp³-hybridized carbons (Fsp3) is 0.290. The first-order chi connectivity index (χ1) is 67.2. The molecule has 0 radical (unpaired) electrons. The van der Waals surface area contributed by atoms with E-state index in [2.05, 4.69) is 25.6 Å². The van der Waals surface area contributed by atoms with Crippen molar-refractivity contribution in [2.45, 2.75) is 116 Å². The number of nitrogen functional groups attached to an aromatic ring is 2. The van der Waals surface area contributed by atoms with Crippen molar-refractivity contribution in [1.29, 1.82) is 0 Å². The van der Waals surface area contributed by atoms with Crippen LogP contribution in [0.3, 0.4) is 0 Å². The topological polar surface area (TPSA) is 311 Å². The van der Waals surface area contributed by atoms with Gasteiger partial charge in [-0.25, -0.2) is 46.1 Å². The average Bonchev–Trinajstić information content (AvgIpc) is 1.63. The number of hydrogen-bond acceptors (Lipinski definition) is 18. The number of likely N-dealkylation sites (tertiary alicyclic amines) is 3. The minimum absolute atomic E-state index is 0.00852. The zero-order valence-corrected chi connectivity index (χ0v) is 78.5. The first kappa shape index (κ1) is 100. The summed E-state index contributed by atoms with van der Waals surface area (Å²) >= 11 is 6.32. The van der Waals surface area contributed by atoms with Gasteiger partial charge in [-0.2, -0.15) is 0 Å². The van der Waals surface area contributed by atoms with Gasteiger partial charge in [0.25, 0.3) is 35.4 Å². The number of ether oxygens (including phenoxy) is 4. The number of nitrogens with one attached hydrogen (secondary N) is 2. The lowest BCUT2D eigenvalue weighted by Gasteiger charge is -2.27. The molecule has 3 aromatic heterocycles. The van der Waals surface area contributed by atoms with Gasteiger partial charge >= 0.3 is 5.97 Å². The van der Waals surface area contributed by atoms with E-state index in [0.717, 1.165) is 125 Å². The molecule has 9 aromatic carbocycles. The van der Waals surface area contributed by atoms with Crippen LogP contribution in [0.1, 0.15) is 189 Å². The van der Waals surface area contributed by atoms with Gasteiger partial charge in [0.1, 0.15) is 57.9 Å². The van der Waals surface area contributed by atoms with Gasteiger partial charge in [0, 0.05) is 103 Å². The van der Waals surface area contributed by atoms with Crippen LogP contribution in [0.5, 0.6) is 23.0 Å². The highest BCUT2D eigenvalue weighted by Gasteiger charge is 2.38. The highest BCUT2D eigenvalue weighted by molar-refractivity contribution is 6.34. The zero-order chi connectivity index (χ0) is 98.5. The van der Waals surface area contributed by atoms with Gasteiger partial charge in [-0.3, -0.25) is 28.8 Å². The van der Waals surface area contributed by atoms with E-state index in [4.69, 9.17) is 47.1 Å². The van der Waals surface area contributed by atoms with E-state index >= 15 is 0 Å². The molecule has 0 spiro atoms. The summed E-state index contributed by atoms with van der Waals surface area (Å²) in [6, 6.07) is 53.7. The molecule has 6 amide bonds. The normalized spacial score (nSPS) is 14.5. The average molecular weight is 1920 g/mol. The minimum atomic E-state index is -0.931. The lowest BCUT2D eigenvalue weighted by Crippen LogP contribution is -2.35. The van der Waals surface area contributed by atoms with Crippen LogP contribution in [0.15, 0.2) is 206 Å². The van der Waals surface area contributed by atoms with Crippen LogP contribution in [0, 0.1) is 34.9 Å². The Hall–Kier alpha value is -14.9. The summed E-state index contributed by atoms with van der Waals surface area (Å²) in [5, 5.41) is 14.6. The molecular formula is C107H108ClF6N13O12. The molecular weight excluding hydrogens is 1810 g/mol. The molecule has 25 nitrogen and oxygen atoms in total. The maximum Gasteiger partial charge on any atom is 0.335 e. The molecule has 7 N–H and O–H groups in total. The number of rotatable bonds is 19. The first-order valence-electron chi connectivity index (χ1n) is 46.0. The van der Waals surface area contributed by atoms with Crippen LogP contribution in [0.2, 0.25) is 5.02 Å². The third kappa shape index (κ3) is 24.4. The second kappa shape index (κ2) is 46.8. The predicted molar refractivity (Wildman–Crippen MR) is 520 cm³/mol. The number of fused-ring (bicyclic) bond motifs is 3. The summed E-state index contributed by atoms with van der Waals surface area (Å²) in [6.07, 6.45) is 14.4. The molecule has 0 atom stereocenters. The monoisotopic (exact) mass is 1920 g/mol. The van der Waals surface area contributed by atoms with Gasteiger partial charge < -0.3 is 75.6 Å². The number of anilines is 4. The van der Waals surface area contributed by atoms with Crippen LogP contribution >= 0.6 is 11.6 Å². The van der Waals surface area contributed by atoms with Crippen LogP contribution in [-0.4, -0.2) is 174 Å². The molecule has 4 saturated heterocycles. The number of carboxylic acid groups (broad SMARTS) is 1. The van der Waals surface area contributed by atoms with E-state index in [-0.39, 0.29) is 118 Å². The number of nitrogens with two attached hydrogens (primary N) is 2. The van der Waals surface area contributed by atoms with E-state index in [1.54, 1.807) is 140 Å². The zero-order valence-electron chi connectivity index (χ0n) is 77.8. The number of pyridine rings is 3. The fourth-order valence-corrected chi connectivity index (χ4v) is 17.8. The summed E-state index contributed by atoms with van der Waals surface area (Å²) in [5.41, 5.74) is 20.5. The number of carboxylic acids is 1. The number of hydrogen-bond donors (Lipinski definition) is 5. The molecule has 139 heavy (non-hydrogen) atoms. The molecule has 722 valence electrons. The van der Waals surface area contributed by atoms with Gasteiger partial charge in [-0.15, -0.1) is 0 Å². The molecule has 12 aromatic rings. The molecule has 10 heterocycles. The SMILES string of the molecule is C1CCNCC1.COc1ccc(CN2Cc3nc(-c4c(F)cccc4F)cc(Cl)c3C2=O)c(OC)c1.COc1ccc(CN2Cc3nc(-c4c(F)cccc4F)cc(N(C)c4ccc(C(=O)N5CCCCC5)cc4)c3C2=O)c(OC)c1.Nc1ccc(C(=O)N2CCCCC2)cc1.Nc1ccc(C(=O)O)cc1.O=C1NCc2nc(-c3c(F)cccc3F)cc(Cc3ccc(C(=O)N4CCCCC4)cc3)c21. The highest BCUT2D eigenvalue weighted by Crippen LogP contribution is 2.42. The summed E-state index contributed by atoms with van der Waals surface area (Å²) in [5.74, 6) is -3.60. The summed E-state index contributed by atoms with van der Waals surface area (Å²) in [4.78, 5) is 111. The molecule has 0 unspecified atom stereocenters. The van der Waals surface area contributed by atoms with Crippen molar-refractivity contribution in [3.63, 3.8) is 0 Å². The van der Waals surface area contributed by atoms with Gasteiger partial charge in [0.2, 0.25) is 0 Å². The molecule has 19 rings (SSSR count). The van der Waals surface area contributed by atoms with Crippen molar-refractivity contribution in [3.05, 3.63) is 324 Å². The van der Waals surface area contributed by atoms with Crippen LogP contribution < -0.4 is 45.9 Å². The number of amides is 6. The van der Waals surface area contributed by atoms with Crippen molar-refractivity contribution in [1.82, 2.24) is 50.1 Å². The Morgan fingerprint density at radius 3 is 1.19 bits per heavy atom. The second-order valence-electron chi connectivity index (χ2n) is 34.2. The lowest BCUT2D eigenvalue weighted by atomic mass is 9.96. The van der Waals surface area contributed by atoms with Gasteiger partial charge in [-0.1, -0.05) is 48.4 Å². The maximum absolute atomic E-state index is 15.0. The van der Waals surface area contributed by atoms with Crippen molar-refractivity contribution >= 4 is 75.8 Å². The smallest absolute Gasteiger partial charge is 0.335 e. The molecule has 7 aliphatic heterocycles. The summed E-state index contributed by atoms with van der Waals surface area (Å²) < 4.78 is 109. The van der Waals surface area contributed by atoms with Crippen molar-refractivity contribution < 1.29 is 84.0 Å². The number of carbonyl (C=O) groups is 7. The van der Waals surface area contributed by atoms with E-state index in [1.165, 1.54) is 107 Å². The standard InChI is InChI=1S/C35H34F2N4O4.C26H23F2N3O2.C22H17ClF2N2O3.C12H16N2O.C7H7NO2.C5H11N/c1-39(24-13-10-22(11-14-24)34(42)40-16-5-4-6-17-40)30-19-28(32-26(36)8-7-9-27(32)37)38-29-21-41(35(43)33(29)30)20-23-12-15-25(44-2)18-31(23)45-3;27-19-5-4-6-20(28)24(19)21-14-18(23-22(30-21)15-29-25(23)32)13-16-7-9-17(10-8-16)26(33)31-11-2-1-3-12-31;1-29-13-7-6-12(19(8-13)30-2)10-27-11-18-20(22(27)28)14(23)9-17(26-18)21-15(24)4-3-5-16(21)25;13-11-6-4-10(5-7-11)12(15)14-8-2-1-3-9-14;8-6-3-1-5(2-4-6)7(9)10;1-2-4-6-5-3-1/h7-15,18-19H,4-6,16-17,20-21H2,1-3H3;4-10,14H,1-3,11-13,15H2,(H,29,32);3-9H,10-11H2,1-2H3;4-7H,1-3,8-9,13H2;1-4H,8H2,(H,9,10);6H,1-5H2. The Kier molecular flexibility index (Phi) is 33.7. The Balaban J connectivity index is 0.000000145. The number of aromatic nitrogens is 3. The maximum atomic E-state index is 15.0. The number of carbonyl (C=O) groups excluding carboxylic acids is 6. The Labute approximate surface area is 807 Å². The molecule has 0 aliphatic carbocycles. The van der Waals surface area contributed by atoms with Crippen molar-refractivity contribution in [2.75, 3.05) is 104 Å². The lowest BCUT2D eigenvalue weighted by molar-refractivity contribution is 0.0691. The second-order valence-corrected chi connectivity index (χ2v) is 34.6. The number of methoxy groups -OCH3 is 4. The van der Waals surface area contributed by atoms with E-state index in [9.17, 15) is 59.9 Å². The Bertz CT molecular complexity index is 6390. The number of nitrogens with zero attached hydrogens (tertiary/aromatic N) is 9.